The molecule has 0 radical (unpaired) electrons. The highest BCUT2D eigenvalue weighted by Gasteiger charge is 2.45. The van der Waals surface area contributed by atoms with Crippen LogP contribution in [0.15, 0.2) is 6.07 Å². The predicted octanol–water partition coefficient (Wildman–Crippen LogP) is 2.95. The molecule has 0 saturated carbocycles. The van der Waals surface area contributed by atoms with Crippen LogP contribution in [-0.4, -0.2) is 87.7 Å². The molecule has 0 aliphatic carbocycles. The first-order chi connectivity index (χ1) is 15.5. The van der Waals surface area contributed by atoms with E-state index in [2.05, 4.69) is 10.00 Å². The van der Waals surface area contributed by atoms with Gasteiger partial charge in [0.1, 0.15) is 5.69 Å². The molecule has 4 heterocycles. The van der Waals surface area contributed by atoms with E-state index in [1.165, 1.54) is 25.9 Å². The summed E-state index contributed by atoms with van der Waals surface area (Å²) < 4.78 is 39.9. The fourth-order valence-electron chi connectivity index (χ4n) is 5.06. The number of amides is 1. The number of carboxylic acid groups (broad SMARTS) is 1. The normalized spacial score (nSPS) is 25.8. The number of halogens is 3. The molecule has 1 spiro atoms. The van der Waals surface area contributed by atoms with Crippen molar-refractivity contribution in [1.29, 1.82) is 0 Å². The number of carbonyl (C=O) groups excluding carboxylic acids is 1. The van der Waals surface area contributed by atoms with Gasteiger partial charge in [0.2, 0.25) is 0 Å². The Bertz CT molecular complexity index is 838. The monoisotopic (exact) mass is 474 g/mol. The van der Waals surface area contributed by atoms with E-state index in [1.807, 2.05) is 29.5 Å². The number of carbonyl (C=O) groups is 2. The van der Waals surface area contributed by atoms with E-state index in [1.54, 1.807) is 0 Å². The highest BCUT2D eigenvalue weighted by Crippen LogP contribution is 2.38. The van der Waals surface area contributed by atoms with Gasteiger partial charge in [-0.1, -0.05) is 0 Å². The van der Waals surface area contributed by atoms with E-state index < -0.39 is 12.1 Å². The molecular weight excluding hydrogens is 441 g/mol. The summed E-state index contributed by atoms with van der Waals surface area (Å²) in [5.74, 6) is -2.03. The summed E-state index contributed by atoms with van der Waals surface area (Å²) in [7, 11) is 0. The molecule has 1 N–H and O–H groups in total. The lowest BCUT2D eigenvalue weighted by Crippen LogP contribution is -2.50. The van der Waals surface area contributed by atoms with Crippen LogP contribution in [0.1, 0.15) is 55.2 Å². The number of aliphatic carboxylic acids is 1. The van der Waals surface area contributed by atoms with Gasteiger partial charge in [-0.25, -0.2) is 4.79 Å². The van der Waals surface area contributed by atoms with E-state index in [0.29, 0.717) is 11.6 Å². The fourth-order valence-corrected chi connectivity index (χ4v) is 5.06. The highest BCUT2D eigenvalue weighted by atomic mass is 19.4. The van der Waals surface area contributed by atoms with E-state index >= 15 is 0 Å². The van der Waals surface area contributed by atoms with Crippen LogP contribution in [0.5, 0.6) is 0 Å². The Morgan fingerprint density at radius 1 is 1.24 bits per heavy atom. The lowest BCUT2D eigenvalue weighted by Gasteiger charge is -2.39. The number of aryl methyl sites for hydroxylation is 2. The molecule has 0 aromatic carbocycles. The van der Waals surface area contributed by atoms with Crippen molar-refractivity contribution in [1.82, 2.24) is 19.6 Å². The second-order valence-electron chi connectivity index (χ2n) is 9.19. The van der Waals surface area contributed by atoms with E-state index in [9.17, 15) is 18.0 Å². The first-order valence-electron chi connectivity index (χ1n) is 11.5. The molecular formula is C22H33F3N4O4. The second-order valence-corrected chi connectivity index (χ2v) is 9.19. The zero-order valence-corrected chi connectivity index (χ0v) is 19.2. The van der Waals surface area contributed by atoms with Gasteiger partial charge in [-0.05, 0) is 71.0 Å². The molecule has 8 nitrogen and oxygen atoms in total. The van der Waals surface area contributed by atoms with Crippen molar-refractivity contribution in [2.24, 2.45) is 5.92 Å². The molecule has 1 aromatic rings. The third kappa shape index (κ3) is 6.47. The minimum Gasteiger partial charge on any atom is -0.475 e. The number of nitrogens with zero attached hydrogens (tertiary/aromatic N) is 4. The highest BCUT2D eigenvalue weighted by molar-refractivity contribution is 5.92. The molecule has 1 amide bonds. The van der Waals surface area contributed by atoms with Crippen LogP contribution in [0, 0.1) is 12.8 Å². The number of ether oxygens (including phenoxy) is 1. The summed E-state index contributed by atoms with van der Waals surface area (Å²) in [5, 5.41) is 11.6. The molecule has 33 heavy (non-hydrogen) atoms. The Hall–Kier alpha value is -2.14. The number of hydrogen-bond donors (Lipinski definition) is 1. The predicted molar refractivity (Wildman–Crippen MR) is 114 cm³/mol. The number of aromatic nitrogens is 2. The molecule has 3 aliphatic heterocycles. The summed E-state index contributed by atoms with van der Waals surface area (Å²) in [4.78, 5) is 26.6. The van der Waals surface area contributed by atoms with Crippen LogP contribution < -0.4 is 0 Å². The fraction of sp³-hybridized carbons (Fsp3) is 0.773. The van der Waals surface area contributed by atoms with Gasteiger partial charge in [0, 0.05) is 19.6 Å². The van der Waals surface area contributed by atoms with Gasteiger partial charge < -0.3 is 19.6 Å². The first kappa shape index (κ1) is 25.5. The Labute approximate surface area is 191 Å². The van der Waals surface area contributed by atoms with E-state index in [4.69, 9.17) is 14.6 Å². The van der Waals surface area contributed by atoms with Crippen molar-refractivity contribution in [2.45, 2.75) is 64.3 Å². The van der Waals surface area contributed by atoms with Crippen molar-refractivity contribution in [3.05, 3.63) is 17.5 Å². The average molecular weight is 475 g/mol. The Kier molecular flexibility index (Phi) is 8.04. The molecule has 0 bridgehead atoms. The standard InChI is InChI=1S/C20H32N4O2.C2HF3O2/c1-3-24-18(11-16(2)21-24)19(25)23-10-6-7-20(15-23)12-17(14-26-20)13-22-8-4-5-9-22;3-2(4,5)1(6)7/h11,17H,3-10,12-15H2,1-2H3;(H,6,7). The number of alkyl halides is 3. The van der Waals surface area contributed by atoms with Crippen molar-refractivity contribution in [3.63, 3.8) is 0 Å². The molecule has 1 aromatic heterocycles. The summed E-state index contributed by atoms with van der Waals surface area (Å²) in [5.41, 5.74) is 1.50. The summed E-state index contributed by atoms with van der Waals surface area (Å²) in [6.07, 6.45) is 0.803. The van der Waals surface area contributed by atoms with Crippen LogP contribution >= 0.6 is 0 Å². The molecule has 3 saturated heterocycles. The van der Waals surface area contributed by atoms with Gasteiger partial charge >= 0.3 is 12.1 Å². The summed E-state index contributed by atoms with van der Waals surface area (Å²) >= 11 is 0. The largest absolute Gasteiger partial charge is 0.490 e. The van der Waals surface area contributed by atoms with Gasteiger partial charge in [0.05, 0.1) is 24.4 Å². The maximum atomic E-state index is 13.1. The Balaban J connectivity index is 0.000000383. The van der Waals surface area contributed by atoms with E-state index in [0.717, 1.165) is 57.7 Å². The number of rotatable bonds is 4. The SMILES string of the molecule is CCn1nc(C)cc1C(=O)N1CCCC2(CC(CN3CCCC3)CO2)C1.O=C(O)C(F)(F)F. The third-order valence-corrected chi connectivity index (χ3v) is 6.49. The maximum absolute atomic E-state index is 13.1. The van der Waals surface area contributed by atoms with Crippen LogP contribution in [0.4, 0.5) is 13.2 Å². The smallest absolute Gasteiger partial charge is 0.475 e. The minimum absolute atomic E-state index is 0.109. The van der Waals surface area contributed by atoms with Crippen molar-refractivity contribution in [3.8, 4) is 0 Å². The lowest BCUT2D eigenvalue weighted by molar-refractivity contribution is -0.192. The number of likely N-dealkylation sites (tertiary alicyclic amines) is 2. The number of carboxylic acids is 1. The molecule has 2 unspecified atom stereocenters. The van der Waals surface area contributed by atoms with Gasteiger partial charge in [-0.15, -0.1) is 0 Å². The van der Waals surface area contributed by atoms with Gasteiger partial charge in [0.15, 0.2) is 0 Å². The van der Waals surface area contributed by atoms with Gasteiger partial charge in [-0.2, -0.15) is 18.3 Å². The van der Waals surface area contributed by atoms with Crippen LogP contribution in [-0.2, 0) is 16.1 Å². The third-order valence-electron chi connectivity index (χ3n) is 6.49. The Morgan fingerprint density at radius 2 is 1.91 bits per heavy atom. The summed E-state index contributed by atoms with van der Waals surface area (Å²) in [6.45, 7) is 10.8. The maximum Gasteiger partial charge on any atom is 0.490 e. The van der Waals surface area contributed by atoms with Crippen LogP contribution in [0.2, 0.25) is 0 Å². The topological polar surface area (TPSA) is 87.9 Å². The van der Waals surface area contributed by atoms with Crippen LogP contribution in [0.3, 0.4) is 0 Å². The number of hydrogen-bond acceptors (Lipinski definition) is 5. The molecule has 186 valence electrons. The van der Waals surface area contributed by atoms with E-state index in [-0.39, 0.29) is 11.5 Å². The van der Waals surface area contributed by atoms with Crippen LogP contribution in [0.25, 0.3) is 0 Å². The number of piperidine rings is 1. The van der Waals surface area contributed by atoms with Crippen molar-refractivity contribution >= 4 is 11.9 Å². The molecule has 2 atom stereocenters. The average Bonchev–Trinajstić information content (AvgIpc) is 3.48. The molecule has 3 fully saturated rings. The van der Waals surface area contributed by atoms with Gasteiger partial charge in [-0.3, -0.25) is 9.48 Å². The van der Waals surface area contributed by atoms with Gasteiger partial charge in [0.25, 0.3) is 5.91 Å². The van der Waals surface area contributed by atoms with Crippen molar-refractivity contribution in [2.75, 3.05) is 39.3 Å². The quantitative estimate of drug-likeness (QED) is 0.722. The zero-order valence-electron chi connectivity index (χ0n) is 19.2. The zero-order chi connectivity index (χ0) is 24.2. The lowest BCUT2D eigenvalue weighted by atomic mass is 9.86. The molecule has 3 aliphatic rings. The van der Waals surface area contributed by atoms with Crippen molar-refractivity contribution < 1.29 is 32.6 Å². The second kappa shape index (κ2) is 10.4. The Morgan fingerprint density at radius 3 is 2.52 bits per heavy atom. The minimum atomic E-state index is -5.08. The molecule has 4 rings (SSSR count). The first-order valence-corrected chi connectivity index (χ1v) is 11.5. The summed E-state index contributed by atoms with van der Waals surface area (Å²) in [6, 6.07) is 1.92. The molecule has 11 heteroatoms.